The van der Waals surface area contributed by atoms with Gasteiger partial charge in [0.05, 0.1) is 11.1 Å². The predicted molar refractivity (Wildman–Crippen MR) is 79.6 cm³/mol. The van der Waals surface area contributed by atoms with Crippen LogP contribution in [0, 0.1) is 11.3 Å². The van der Waals surface area contributed by atoms with Crippen LogP contribution in [0.4, 0.5) is 5.13 Å². The fraction of sp³-hybridized carbons (Fsp3) is 0.643. The smallest absolute Gasteiger partial charge is 0.242 e. The van der Waals surface area contributed by atoms with Crippen molar-refractivity contribution in [2.45, 2.75) is 40.2 Å². The number of amides is 2. The molecule has 0 saturated carbocycles. The lowest BCUT2D eigenvalue weighted by molar-refractivity contribution is -0.126. The lowest BCUT2D eigenvalue weighted by atomic mass is 9.78. The average molecular weight is 295 g/mol. The zero-order chi connectivity index (χ0) is 15.1. The molecule has 0 radical (unpaired) electrons. The zero-order valence-corrected chi connectivity index (χ0v) is 13.4. The van der Waals surface area contributed by atoms with E-state index in [0.717, 1.165) is 5.69 Å². The van der Waals surface area contributed by atoms with Crippen molar-refractivity contribution in [3.05, 3.63) is 11.1 Å². The van der Waals surface area contributed by atoms with Gasteiger partial charge in [0.15, 0.2) is 5.13 Å². The van der Waals surface area contributed by atoms with Crippen LogP contribution in [0.25, 0.3) is 0 Å². The van der Waals surface area contributed by atoms with E-state index in [1.807, 2.05) is 40.1 Å². The van der Waals surface area contributed by atoms with Gasteiger partial charge in [-0.2, -0.15) is 0 Å². The first kappa shape index (κ1) is 15.1. The van der Waals surface area contributed by atoms with Crippen molar-refractivity contribution in [2.24, 2.45) is 11.3 Å². The Balaban J connectivity index is 2.32. The number of carbonyl (C=O) groups is 2. The summed E-state index contributed by atoms with van der Waals surface area (Å²) in [5, 5.41) is 5.48. The summed E-state index contributed by atoms with van der Waals surface area (Å²) in [5.74, 6) is -0.153. The highest BCUT2D eigenvalue weighted by Crippen LogP contribution is 2.42. The molecular formula is C14H21N3O2S. The van der Waals surface area contributed by atoms with E-state index < -0.39 is 5.41 Å². The Labute approximate surface area is 123 Å². The van der Waals surface area contributed by atoms with Crippen LogP contribution in [0.2, 0.25) is 0 Å². The summed E-state index contributed by atoms with van der Waals surface area (Å²) < 4.78 is 0. The van der Waals surface area contributed by atoms with Crippen molar-refractivity contribution in [3.63, 3.8) is 0 Å². The Morgan fingerprint density at radius 3 is 2.55 bits per heavy atom. The number of nitrogens with zero attached hydrogens (tertiary/aromatic N) is 2. The molecule has 5 nitrogen and oxygen atoms in total. The summed E-state index contributed by atoms with van der Waals surface area (Å²) in [5.41, 5.74) is 0.239. The Hall–Kier alpha value is -1.27. The van der Waals surface area contributed by atoms with Crippen LogP contribution < -0.4 is 10.2 Å². The Kier molecular flexibility index (Phi) is 3.97. The molecule has 20 heavy (non-hydrogen) atoms. The van der Waals surface area contributed by atoms with E-state index in [9.17, 15) is 9.59 Å². The lowest BCUT2D eigenvalue weighted by Gasteiger charge is -2.25. The molecule has 1 saturated heterocycles. The molecule has 1 aromatic heterocycles. The number of rotatable bonds is 4. The van der Waals surface area contributed by atoms with E-state index >= 15 is 0 Å². The summed E-state index contributed by atoms with van der Waals surface area (Å²) in [4.78, 5) is 30.5. The van der Waals surface area contributed by atoms with Crippen LogP contribution in [-0.2, 0) is 9.59 Å². The van der Waals surface area contributed by atoms with Gasteiger partial charge < -0.3 is 5.32 Å². The average Bonchev–Trinajstić information content (AvgIpc) is 2.94. The number of aromatic nitrogens is 1. The molecule has 1 N–H and O–H groups in total. The molecule has 2 unspecified atom stereocenters. The monoisotopic (exact) mass is 295 g/mol. The summed E-state index contributed by atoms with van der Waals surface area (Å²) in [7, 11) is 1.85. The first-order valence-corrected chi connectivity index (χ1v) is 7.69. The molecule has 1 aliphatic heterocycles. The van der Waals surface area contributed by atoms with E-state index in [1.165, 1.54) is 16.2 Å². The molecule has 0 aliphatic carbocycles. The van der Waals surface area contributed by atoms with Crippen LogP contribution in [-0.4, -0.2) is 23.8 Å². The standard InChI is InChI=1S/C14H21N3O2S/c1-8(2)14(4)6-11(18)17(12(14)19)13-16-10(7-20-13)9(3)15-5/h7-9,15H,6H2,1-5H3. The maximum absolute atomic E-state index is 12.6. The zero-order valence-electron chi connectivity index (χ0n) is 12.6. The van der Waals surface area contributed by atoms with Crippen molar-refractivity contribution in [3.8, 4) is 0 Å². The molecule has 110 valence electrons. The van der Waals surface area contributed by atoms with Gasteiger partial charge in [-0.1, -0.05) is 13.8 Å². The number of nitrogens with one attached hydrogen (secondary N) is 1. The fourth-order valence-corrected chi connectivity index (χ4v) is 3.14. The van der Waals surface area contributed by atoms with Crippen molar-refractivity contribution in [2.75, 3.05) is 11.9 Å². The molecule has 6 heteroatoms. The first-order valence-electron chi connectivity index (χ1n) is 6.81. The second-order valence-electron chi connectivity index (χ2n) is 5.85. The van der Waals surface area contributed by atoms with Gasteiger partial charge in [-0.15, -0.1) is 11.3 Å². The summed E-state index contributed by atoms with van der Waals surface area (Å²) >= 11 is 1.34. The van der Waals surface area contributed by atoms with E-state index in [4.69, 9.17) is 0 Å². The molecule has 2 heterocycles. The van der Waals surface area contributed by atoms with Crippen molar-refractivity contribution in [1.82, 2.24) is 10.3 Å². The fourth-order valence-electron chi connectivity index (χ4n) is 2.21. The van der Waals surface area contributed by atoms with Gasteiger partial charge in [0.2, 0.25) is 11.8 Å². The number of hydrogen-bond donors (Lipinski definition) is 1. The molecule has 1 fully saturated rings. The summed E-state index contributed by atoms with van der Waals surface area (Å²) in [6.45, 7) is 7.81. The molecule has 1 aromatic rings. The molecule has 2 atom stereocenters. The normalized spacial score (nSPS) is 24.8. The number of thiazole rings is 1. The van der Waals surface area contributed by atoms with E-state index in [0.29, 0.717) is 5.13 Å². The number of carbonyl (C=O) groups excluding carboxylic acids is 2. The van der Waals surface area contributed by atoms with E-state index in [2.05, 4.69) is 10.3 Å². The third kappa shape index (κ3) is 2.27. The van der Waals surface area contributed by atoms with E-state index in [1.54, 1.807) is 0 Å². The third-order valence-electron chi connectivity index (χ3n) is 4.31. The molecule has 1 aliphatic rings. The van der Waals surface area contributed by atoms with Crippen molar-refractivity contribution >= 4 is 28.3 Å². The second kappa shape index (κ2) is 5.26. The largest absolute Gasteiger partial charge is 0.312 e. The molecular weight excluding hydrogens is 274 g/mol. The van der Waals surface area contributed by atoms with Crippen LogP contribution >= 0.6 is 11.3 Å². The van der Waals surface area contributed by atoms with Gasteiger partial charge in [-0.25, -0.2) is 9.88 Å². The minimum atomic E-state index is -0.614. The number of hydrogen-bond acceptors (Lipinski definition) is 5. The Morgan fingerprint density at radius 2 is 2.05 bits per heavy atom. The second-order valence-corrected chi connectivity index (χ2v) is 6.69. The van der Waals surface area contributed by atoms with E-state index in [-0.39, 0.29) is 30.2 Å². The molecule has 2 rings (SSSR count). The molecule has 0 bridgehead atoms. The van der Waals surface area contributed by atoms with Crippen LogP contribution in [0.1, 0.15) is 45.9 Å². The van der Waals surface area contributed by atoms with Crippen LogP contribution in [0.5, 0.6) is 0 Å². The van der Waals surface area contributed by atoms with Crippen molar-refractivity contribution in [1.29, 1.82) is 0 Å². The summed E-state index contributed by atoms with van der Waals surface area (Å²) in [6.07, 6.45) is 0.264. The summed E-state index contributed by atoms with van der Waals surface area (Å²) in [6, 6.07) is 0.101. The van der Waals surface area contributed by atoms with Crippen LogP contribution in [0.15, 0.2) is 5.38 Å². The highest BCUT2D eigenvalue weighted by molar-refractivity contribution is 7.14. The Morgan fingerprint density at radius 1 is 1.40 bits per heavy atom. The highest BCUT2D eigenvalue weighted by atomic mass is 32.1. The number of anilines is 1. The minimum Gasteiger partial charge on any atom is -0.312 e. The SMILES string of the molecule is CNC(C)c1csc(N2C(=O)CC(C)(C(C)C)C2=O)n1. The van der Waals surface area contributed by atoms with Gasteiger partial charge in [0, 0.05) is 17.8 Å². The van der Waals surface area contributed by atoms with Gasteiger partial charge in [0.25, 0.3) is 0 Å². The first-order chi connectivity index (χ1) is 9.31. The predicted octanol–water partition coefficient (Wildman–Crippen LogP) is 2.35. The lowest BCUT2D eigenvalue weighted by Crippen LogP contribution is -2.36. The quantitative estimate of drug-likeness (QED) is 0.866. The topological polar surface area (TPSA) is 62.3 Å². The maximum Gasteiger partial charge on any atom is 0.242 e. The minimum absolute atomic E-state index is 0.101. The van der Waals surface area contributed by atoms with Gasteiger partial charge in [-0.3, -0.25) is 9.59 Å². The Bertz CT molecular complexity index is 540. The molecule has 2 amide bonds. The van der Waals surface area contributed by atoms with Crippen molar-refractivity contribution < 1.29 is 9.59 Å². The highest BCUT2D eigenvalue weighted by Gasteiger charge is 2.51. The number of imide groups is 1. The van der Waals surface area contributed by atoms with Gasteiger partial charge >= 0.3 is 0 Å². The molecule has 0 aromatic carbocycles. The third-order valence-corrected chi connectivity index (χ3v) is 5.16. The van der Waals surface area contributed by atoms with Gasteiger partial charge in [-0.05, 0) is 26.8 Å². The molecule has 0 spiro atoms. The maximum atomic E-state index is 12.6. The van der Waals surface area contributed by atoms with Crippen LogP contribution in [0.3, 0.4) is 0 Å². The van der Waals surface area contributed by atoms with Gasteiger partial charge in [0.1, 0.15) is 0 Å².